The van der Waals surface area contributed by atoms with Crippen molar-refractivity contribution in [2.45, 2.75) is 26.1 Å². The third kappa shape index (κ3) is 2.41. The minimum absolute atomic E-state index is 0.0480. The SMILES string of the molecule is Cc1cc([C@H](O)C(F)(F)F)cc(C)c1O. The Bertz CT molecular complexity index is 348. The lowest BCUT2D eigenvalue weighted by atomic mass is 10.0. The minimum atomic E-state index is -4.68. The molecule has 0 aliphatic heterocycles. The Labute approximate surface area is 85.0 Å². The predicted octanol–water partition coefficient (Wildman–Crippen LogP) is 2.60. The zero-order chi connectivity index (χ0) is 11.8. The van der Waals surface area contributed by atoms with Gasteiger partial charge in [0.1, 0.15) is 5.75 Å². The number of aromatic hydroxyl groups is 1. The Balaban J connectivity index is 3.17. The topological polar surface area (TPSA) is 40.5 Å². The van der Waals surface area contributed by atoms with Crippen molar-refractivity contribution in [3.05, 3.63) is 28.8 Å². The molecule has 0 spiro atoms. The van der Waals surface area contributed by atoms with Gasteiger partial charge in [-0.25, -0.2) is 0 Å². The highest BCUT2D eigenvalue weighted by Gasteiger charge is 2.39. The van der Waals surface area contributed by atoms with Crippen molar-refractivity contribution in [1.82, 2.24) is 0 Å². The van der Waals surface area contributed by atoms with Crippen LogP contribution >= 0.6 is 0 Å². The maximum atomic E-state index is 12.2. The maximum Gasteiger partial charge on any atom is 0.418 e. The summed E-state index contributed by atoms with van der Waals surface area (Å²) in [4.78, 5) is 0. The summed E-state index contributed by atoms with van der Waals surface area (Å²) in [7, 11) is 0. The Morgan fingerprint density at radius 1 is 1.13 bits per heavy atom. The van der Waals surface area contributed by atoms with Gasteiger partial charge in [0.2, 0.25) is 0 Å². The highest BCUT2D eigenvalue weighted by Crippen LogP contribution is 2.35. The molecule has 2 N–H and O–H groups in total. The van der Waals surface area contributed by atoms with E-state index in [0.717, 1.165) is 12.1 Å². The lowest BCUT2D eigenvalue weighted by Gasteiger charge is -2.16. The van der Waals surface area contributed by atoms with E-state index in [1.165, 1.54) is 13.8 Å². The molecule has 1 aromatic carbocycles. The lowest BCUT2D eigenvalue weighted by Crippen LogP contribution is -2.20. The Hall–Kier alpha value is -1.23. The molecular weight excluding hydrogens is 209 g/mol. The van der Waals surface area contributed by atoms with E-state index >= 15 is 0 Å². The van der Waals surface area contributed by atoms with E-state index in [-0.39, 0.29) is 11.3 Å². The summed E-state index contributed by atoms with van der Waals surface area (Å²) < 4.78 is 36.6. The van der Waals surface area contributed by atoms with Gasteiger partial charge in [-0.05, 0) is 42.7 Å². The van der Waals surface area contributed by atoms with Crippen molar-refractivity contribution in [3.63, 3.8) is 0 Å². The molecule has 0 unspecified atom stereocenters. The smallest absolute Gasteiger partial charge is 0.418 e. The second-order valence-corrected chi connectivity index (χ2v) is 3.45. The quantitative estimate of drug-likeness (QED) is 0.763. The van der Waals surface area contributed by atoms with Crippen molar-refractivity contribution in [2.24, 2.45) is 0 Å². The zero-order valence-corrected chi connectivity index (χ0v) is 8.26. The molecule has 1 atom stereocenters. The summed E-state index contributed by atoms with van der Waals surface area (Å²) in [6.45, 7) is 2.96. The van der Waals surface area contributed by atoms with E-state index < -0.39 is 12.3 Å². The van der Waals surface area contributed by atoms with Crippen LogP contribution in [0.2, 0.25) is 0 Å². The van der Waals surface area contributed by atoms with E-state index in [4.69, 9.17) is 5.11 Å². The number of alkyl halides is 3. The van der Waals surface area contributed by atoms with Gasteiger partial charge >= 0.3 is 6.18 Å². The number of rotatable bonds is 1. The molecule has 0 radical (unpaired) electrons. The molecule has 0 bridgehead atoms. The fraction of sp³-hybridized carbons (Fsp3) is 0.400. The number of phenols is 1. The standard InChI is InChI=1S/C10H11F3O2/c1-5-3-7(4-6(2)8(5)14)9(15)10(11,12)13/h3-4,9,14-15H,1-2H3/t9-/m0/s1. The van der Waals surface area contributed by atoms with Crippen molar-refractivity contribution in [2.75, 3.05) is 0 Å². The van der Waals surface area contributed by atoms with Crippen LogP contribution in [-0.2, 0) is 0 Å². The van der Waals surface area contributed by atoms with E-state index in [1.807, 2.05) is 0 Å². The fourth-order valence-corrected chi connectivity index (χ4v) is 1.34. The van der Waals surface area contributed by atoms with Crippen molar-refractivity contribution in [3.8, 4) is 5.75 Å². The number of halogens is 3. The van der Waals surface area contributed by atoms with Crippen LogP contribution in [0.1, 0.15) is 22.8 Å². The van der Waals surface area contributed by atoms with Gasteiger partial charge < -0.3 is 10.2 Å². The average Bonchev–Trinajstić information content (AvgIpc) is 2.10. The highest BCUT2D eigenvalue weighted by atomic mass is 19.4. The van der Waals surface area contributed by atoms with Crippen LogP contribution < -0.4 is 0 Å². The largest absolute Gasteiger partial charge is 0.507 e. The molecule has 1 rings (SSSR count). The Kier molecular flexibility index (Phi) is 2.95. The van der Waals surface area contributed by atoms with Gasteiger partial charge in [0.25, 0.3) is 0 Å². The molecule has 0 aliphatic rings. The van der Waals surface area contributed by atoms with Gasteiger partial charge in [-0.2, -0.15) is 13.2 Å². The minimum Gasteiger partial charge on any atom is -0.507 e. The van der Waals surface area contributed by atoms with Crippen LogP contribution in [0.5, 0.6) is 5.75 Å². The summed E-state index contributed by atoms with van der Waals surface area (Å²) in [5.41, 5.74) is 0.372. The van der Waals surface area contributed by atoms with Crippen LogP contribution in [0.4, 0.5) is 13.2 Å². The molecule has 0 aromatic heterocycles. The molecule has 0 amide bonds. The molecule has 1 aromatic rings. The van der Waals surface area contributed by atoms with Crippen molar-refractivity contribution < 1.29 is 23.4 Å². The molecule has 5 heteroatoms. The maximum absolute atomic E-state index is 12.2. The monoisotopic (exact) mass is 220 g/mol. The first-order chi connectivity index (χ1) is 6.73. The normalized spacial score (nSPS) is 14.0. The van der Waals surface area contributed by atoms with Gasteiger partial charge in [0.05, 0.1) is 0 Å². The van der Waals surface area contributed by atoms with E-state index in [9.17, 15) is 18.3 Å². The highest BCUT2D eigenvalue weighted by molar-refractivity contribution is 5.43. The van der Waals surface area contributed by atoms with E-state index in [0.29, 0.717) is 11.1 Å². The third-order valence-electron chi connectivity index (χ3n) is 2.14. The summed E-state index contributed by atoms with van der Waals surface area (Å²) in [5, 5.41) is 18.3. The summed E-state index contributed by atoms with van der Waals surface area (Å²) in [5.74, 6) is -0.0480. The van der Waals surface area contributed by atoms with Gasteiger partial charge in [0, 0.05) is 0 Å². The van der Waals surface area contributed by atoms with E-state index in [2.05, 4.69) is 0 Å². The van der Waals surface area contributed by atoms with E-state index in [1.54, 1.807) is 0 Å². The first-order valence-corrected chi connectivity index (χ1v) is 4.28. The first kappa shape index (κ1) is 11.8. The third-order valence-corrected chi connectivity index (χ3v) is 2.14. The van der Waals surface area contributed by atoms with Crippen LogP contribution in [0.25, 0.3) is 0 Å². The fourth-order valence-electron chi connectivity index (χ4n) is 1.34. The molecule has 15 heavy (non-hydrogen) atoms. The van der Waals surface area contributed by atoms with Crippen molar-refractivity contribution >= 4 is 0 Å². The number of hydrogen-bond acceptors (Lipinski definition) is 2. The molecule has 0 aliphatic carbocycles. The summed E-state index contributed by atoms with van der Waals surface area (Å²) >= 11 is 0. The van der Waals surface area contributed by atoms with Crippen LogP contribution in [0, 0.1) is 13.8 Å². The molecule has 0 saturated carbocycles. The summed E-state index contributed by atoms with van der Waals surface area (Å²) in [6.07, 6.45) is -7.19. The molecular formula is C10H11F3O2. The number of aliphatic hydroxyl groups is 1. The van der Waals surface area contributed by atoms with Crippen LogP contribution in [0.15, 0.2) is 12.1 Å². The van der Waals surface area contributed by atoms with Gasteiger partial charge in [-0.15, -0.1) is 0 Å². The average molecular weight is 220 g/mol. The van der Waals surface area contributed by atoms with Gasteiger partial charge in [0.15, 0.2) is 6.10 Å². The van der Waals surface area contributed by atoms with Crippen LogP contribution in [0.3, 0.4) is 0 Å². The molecule has 0 saturated heterocycles. The molecule has 0 fully saturated rings. The van der Waals surface area contributed by atoms with Crippen molar-refractivity contribution in [1.29, 1.82) is 0 Å². The number of hydrogen-bond donors (Lipinski definition) is 2. The number of benzene rings is 1. The first-order valence-electron chi connectivity index (χ1n) is 4.28. The number of phenolic OH excluding ortho intramolecular Hbond substituents is 1. The second-order valence-electron chi connectivity index (χ2n) is 3.45. The Morgan fingerprint density at radius 2 is 1.53 bits per heavy atom. The molecule has 0 heterocycles. The zero-order valence-electron chi connectivity index (χ0n) is 8.26. The van der Waals surface area contributed by atoms with Gasteiger partial charge in [-0.3, -0.25) is 0 Å². The number of aryl methyl sites for hydroxylation is 2. The Morgan fingerprint density at radius 3 is 1.87 bits per heavy atom. The number of aliphatic hydroxyl groups excluding tert-OH is 1. The summed E-state index contributed by atoms with van der Waals surface area (Å²) in [6, 6.07) is 2.25. The van der Waals surface area contributed by atoms with Gasteiger partial charge in [-0.1, -0.05) is 0 Å². The second kappa shape index (κ2) is 3.73. The lowest BCUT2D eigenvalue weighted by molar-refractivity contribution is -0.206. The molecule has 2 nitrogen and oxygen atoms in total. The molecule has 84 valence electrons. The predicted molar refractivity (Wildman–Crippen MR) is 48.6 cm³/mol. The van der Waals surface area contributed by atoms with Crippen LogP contribution in [-0.4, -0.2) is 16.4 Å².